The quantitative estimate of drug-likeness (QED) is 0.492. The third-order valence-electron chi connectivity index (χ3n) is 1.59. The molecular weight excluding hydrogens is 230 g/mol. The van der Waals surface area contributed by atoms with Crippen molar-refractivity contribution in [1.82, 2.24) is 0 Å². The van der Waals surface area contributed by atoms with E-state index in [0.717, 1.165) is 0 Å². The first-order chi connectivity index (χ1) is 7.82. The summed E-state index contributed by atoms with van der Waals surface area (Å²) in [5.74, 6) is -1.69. The highest BCUT2D eigenvalue weighted by atomic mass is 16.6. The van der Waals surface area contributed by atoms with E-state index in [-0.39, 0.29) is 13.2 Å². The van der Waals surface area contributed by atoms with Crippen LogP contribution in [0.2, 0.25) is 0 Å². The second kappa shape index (κ2) is 7.61. The van der Waals surface area contributed by atoms with Crippen molar-refractivity contribution in [2.45, 2.75) is 32.9 Å². The Hall–Kier alpha value is -1.63. The molecule has 7 heteroatoms. The Morgan fingerprint density at radius 1 is 1.06 bits per heavy atom. The van der Waals surface area contributed by atoms with E-state index in [4.69, 9.17) is 15.2 Å². The minimum absolute atomic E-state index is 0.166. The second-order valence-corrected chi connectivity index (χ2v) is 3.45. The number of rotatable bonds is 6. The van der Waals surface area contributed by atoms with Crippen molar-refractivity contribution in [3.05, 3.63) is 0 Å². The molecule has 2 N–H and O–H groups in total. The molecule has 0 spiro atoms. The van der Waals surface area contributed by atoms with Crippen LogP contribution in [0.5, 0.6) is 0 Å². The molecule has 0 aliphatic rings. The lowest BCUT2D eigenvalue weighted by Gasteiger charge is -2.17. The van der Waals surface area contributed by atoms with Gasteiger partial charge in [0.1, 0.15) is 19.3 Å². The molecule has 0 aliphatic carbocycles. The first-order valence-corrected chi connectivity index (χ1v) is 5.05. The molecule has 0 fully saturated rings. The van der Waals surface area contributed by atoms with Crippen LogP contribution in [0.3, 0.4) is 0 Å². The SMILES string of the molecule is CC(=O)OCC(COC(=O)[C@H](C)N)OC(C)=O. The Labute approximate surface area is 99.2 Å². The van der Waals surface area contributed by atoms with E-state index in [2.05, 4.69) is 4.74 Å². The predicted molar refractivity (Wildman–Crippen MR) is 56.8 cm³/mol. The summed E-state index contributed by atoms with van der Waals surface area (Å²) >= 11 is 0. The first-order valence-electron chi connectivity index (χ1n) is 5.05. The average molecular weight is 247 g/mol. The van der Waals surface area contributed by atoms with Crippen molar-refractivity contribution >= 4 is 17.9 Å². The minimum Gasteiger partial charge on any atom is -0.462 e. The number of carbonyl (C=O) groups excluding carboxylic acids is 3. The number of carbonyl (C=O) groups is 3. The number of hydrogen-bond donors (Lipinski definition) is 1. The zero-order valence-electron chi connectivity index (χ0n) is 10.1. The van der Waals surface area contributed by atoms with E-state index in [0.29, 0.717) is 0 Å². The van der Waals surface area contributed by atoms with E-state index in [9.17, 15) is 14.4 Å². The summed E-state index contributed by atoms with van der Waals surface area (Å²) in [6.07, 6.45) is -0.820. The van der Waals surface area contributed by atoms with Crippen molar-refractivity contribution in [3.63, 3.8) is 0 Å². The molecule has 0 aromatic carbocycles. The summed E-state index contributed by atoms with van der Waals surface area (Å²) in [4.78, 5) is 32.4. The van der Waals surface area contributed by atoms with Gasteiger partial charge in [-0.15, -0.1) is 0 Å². The molecule has 0 radical (unpaired) electrons. The molecule has 0 aromatic rings. The Kier molecular flexibility index (Phi) is 6.88. The van der Waals surface area contributed by atoms with Crippen LogP contribution in [-0.2, 0) is 28.6 Å². The van der Waals surface area contributed by atoms with Crippen LogP contribution >= 0.6 is 0 Å². The Morgan fingerprint density at radius 2 is 1.59 bits per heavy atom. The zero-order chi connectivity index (χ0) is 13.4. The van der Waals surface area contributed by atoms with Gasteiger partial charge in [-0.2, -0.15) is 0 Å². The smallest absolute Gasteiger partial charge is 0.322 e. The summed E-state index contributed by atoms with van der Waals surface area (Å²) in [5, 5.41) is 0. The molecule has 0 aromatic heterocycles. The average Bonchev–Trinajstić information content (AvgIpc) is 2.20. The van der Waals surface area contributed by atoms with Crippen molar-refractivity contribution in [1.29, 1.82) is 0 Å². The van der Waals surface area contributed by atoms with Gasteiger partial charge in [-0.25, -0.2) is 0 Å². The van der Waals surface area contributed by atoms with Crippen LogP contribution < -0.4 is 5.73 Å². The maximum absolute atomic E-state index is 11.1. The largest absolute Gasteiger partial charge is 0.462 e. The lowest BCUT2D eigenvalue weighted by Crippen LogP contribution is -2.34. The summed E-state index contributed by atoms with van der Waals surface area (Å²) in [7, 11) is 0. The van der Waals surface area contributed by atoms with E-state index in [1.54, 1.807) is 0 Å². The molecule has 0 aliphatic heterocycles. The number of ether oxygens (including phenoxy) is 3. The van der Waals surface area contributed by atoms with E-state index < -0.39 is 30.1 Å². The molecule has 0 saturated carbocycles. The van der Waals surface area contributed by atoms with Crippen molar-refractivity contribution < 1.29 is 28.6 Å². The number of nitrogens with two attached hydrogens (primary N) is 1. The summed E-state index contributed by atoms with van der Waals surface area (Å²) in [6.45, 7) is 3.52. The maximum atomic E-state index is 11.1. The van der Waals surface area contributed by atoms with Crippen LogP contribution in [0.15, 0.2) is 0 Å². The highest BCUT2D eigenvalue weighted by Gasteiger charge is 2.18. The molecule has 2 atom stereocenters. The fraction of sp³-hybridized carbons (Fsp3) is 0.700. The maximum Gasteiger partial charge on any atom is 0.322 e. The molecule has 0 heterocycles. The fourth-order valence-electron chi connectivity index (χ4n) is 0.868. The summed E-state index contributed by atoms with van der Waals surface area (Å²) in [6, 6.07) is -0.762. The van der Waals surface area contributed by atoms with Gasteiger partial charge < -0.3 is 19.9 Å². The molecule has 0 bridgehead atoms. The van der Waals surface area contributed by atoms with Gasteiger partial charge in [-0.05, 0) is 6.92 Å². The van der Waals surface area contributed by atoms with Crippen LogP contribution in [0, 0.1) is 0 Å². The van der Waals surface area contributed by atoms with Gasteiger partial charge in [-0.1, -0.05) is 0 Å². The Morgan fingerprint density at radius 3 is 2.00 bits per heavy atom. The molecule has 98 valence electrons. The number of hydrogen-bond acceptors (Lipinski definition) is 7. The molecule has 17 heavy (non-hydrogen) atoms. The molecular formula is C10H17NO6. The van der Waals surface area contributed by atoms with E-state index in [1.807, 2.05) is 0 Å². The van der Waals surface area contributed by atoms with Gasteiger partial charge in [0.2, 0.25) is 0 Å². The van der Waals surface area contributed by atoms with E-state index in [1.165, 1.54) is 20.8 Å². The van der Waals surface area contributed by atoms with Gasteiger partial charge in [0.15, 0.2) is 6.10 Å². The van der Waals surface area contributed by atoms with Crippen LogP contribution in [0.1, 0.15) is 20.8 Å². The normalized spacial score (nSPS) is 13.4. The monoisotopic (exact) mass is 247 g/mol. The van der Waals surface area contributed by atoms with Crippen LogP contribution in [-0.4, -0.2) is 43.3 Å². The fourth-order valence-corrected chi connectivity index (χ4v) is 0.868. The van der Waals surface area contributed by atoms with Crippen molar-refractivity contribution in [2.75, 3.05) is 13.2 Å². The summed E-state index contributed by atoms with van der Waals surface area (Å²) in [5.41, 5.74) is 5.28. The topological polar surface area (TPSA) is 105 Å². The van der Waals surface area contributed by atoms with Crippen molar-refractivity contribution in [3.8, 4) is 0 Å². The minimum atomic E-state index is -0.820. The first kappa shape index (κ1) is 15.4. The summed E-state index contributed by atoms with van der Waals surface area (Å²) < 4.78 is 14.2. The third-order valence-corrected chi connectivity index (χ3v) is 1.59. The lowest BCUT2D eigenvalue weighted by molar-refractivity contribution is -0.165. The molecule has 1 unspecified atom stereocenters. The van der Waals surface area contributed by atoms with Crippen LogP contribution in [0.4, 0.5) is 0 Å². The van der Waals surface area contributed by atoms with E-state index >= 15 is 0 Å². The molecule has 0 saturated heterocycles. The highest BCUT2D eigenvalue weighted by Crippen LogP contribution is 1.98. The van der Waals surface area contributed by atoms with Gasteiger partial charge in [0.05, 0.1) is 0 Å². The molecule has 7 nitrogen and oxygen atoms in total. The number of esters is 3. The van der Waals surface area contributed by atoms with Gasteiger partial charge in [0.25, 0.3) is 0 Å². The highest BCUT2D eigenvalue weighted by molar-refractivity contribution is 5.75. The predicted octanol–water partition coefficient (Wildman–Crippen LogP) is -0.628. The second-order valence-electron chi connectivity index (χ2n) is 3.45. The zero-order valence-corrected chi connectivity index (χ0v) is 10.1. The Balaban J connectivity index is 4.14. The van der Waals surface area contributed by atoms with Crippen LogP contribution in [0.25, 0.3) is 0 Å². The Bertz CT molecular complexity index is 289. The molecule has 0 rings (SSSR count). The lowest BCUT2D eigenvalue weighted by atomic mass is 10.3. The van der Waals surface area contributed by atoms with Gasteiger partial charge >= 0.3 is 17.9 Å². The van der Waals surface area contributed by atoms with Gasteiger partial charge in [-0.3, -0.25) is 14.4 Å². The standard InChI is InChI=1S/C10H17NO6/c1-6(11)10(14)16-5-9(17-8(3)13)4-15-7(2)12/h6,9H,4-5,11H2,1-3H3/t6-,9?/m0/s1. The van der Waals surface area contributed by atoms with Gasteiger partial charge in [0, 0.05) is 13.8 Å². The molecule has 0 amide bonds. The van der Waals surface area contributed by atoms with Crippen molar-refractivity contribution in [2.24, 2.45) is 5.73 Å². The third kappa shape index (κ3) is 8.21.